The van der Waals surface area contributed by atoms with E-state index < -0.39 is 23.5 Å². The van der Waals surface area contributed by atoms with Gasteiger partial charge < -0.3 is 20.4 Å². The van der Waals surface area contributed by atoms with Crippen LogP contribution in [0.1, 0.15) is 65.2 Å². The number of nitrogens with one attached hydrogen (secondary N) is 1. The number of carboxylic acid groups (broad SMARTS) is 1. The molecule has 0 unspecified atom stereocenters. The number of carbonyl (C=O) groups is 2. The molecule has 0 spiro atoms. The van der Waals surface area contributed by atoms with Crippen molar-refractivity contribution in [2.45, 2.75) is 76.9 Å². The molecule has 3 N–H and O–H groups in total. The Balaban J connectivity index is 1.42. The highest BCUT2D eigenvalue weighted by molar-refractivity contribution is 7.80. The molecule has 1 amide bonds. The normalized spacial score (nSPS) is 40.7. The second-order valence-electron chi connectivity index (χ2n) is 11.0. The van der Waals surface area contributed by atoms with Gasteiger partial charge in [0.25, 0.3) is 5.91 Å². The third-order valence-electron chi connectivity index (χ3n) is 9.56. The van der Waals surface area contributed by atoms with Gasteiger partial charge in [0.15, 0.2) is 6.61 Å². The number of hydrogen-bond acceptors (Lipinski definition) is 6. The highest BCUT2D eigenvalue weighted by Gasteiger charge is 2.63. The van der Waals surface area contributed by atoms with Crippen LogP contribution in [0.25, 0.3) is 0 Å². The van der Waals surface area contributed by atoms with Gasteiger partial charge in [-0.15, -0.1) is 6.42 Å². The van der Waals surface area contributed by atoms with E-state index in [1.807, 2.05) is 0 Å². The number of allylic oxidation sites excluding steroid dienone is 2. The first-order valence-corrected chi connectivity index (χ1v) is 12.9. The van der Waals surface area contributed by atoms with Gasteiger partial charge in [-0.3, -0.25) is 4.79 Å². The summed E-state index contributed by atoms with van der Waals surface area (Å²) in [7, 11) is 0. The molecule has 4 aliphatic carbocycles. The van der Waals surface area contributed by atoms with Crippen molar-refractivity contribution in [1.82, 2.24) is 5.32 Å². The standard InChI is InChI=1S/C26H36N2O5S/c1-4-26(32)12-9-20-18-6-5-16-13-17(28-33-14-22(29)27-21(15-34)23(30)31)7-10-24(16,2)19(18)8-11-25(20,26)3/h1,13,18-21,32,34H,5-12,14-15H2,2-3H3,(H,27,29)(H,30,31)/b28-17-/t18-,19+,20-,21-,24+,25+,26-/m1/s1. The number of rotatable bonds is 6. The number of oxime groups is 1. The molecule has 4 aliphatic rings. The summed E-state index contributed by atoms with van der Waals surface area (Å²) in [6.45, 7) is 4.27. The number of amides is 1. The molecule has 3 fully saturated rings. The molecule has 4 rings (SSSR count). The number of thiol groups is 1. The Bertz CT molecular complexity index is 957. The molecule has 0 radical (unpaired) electrons. The molecular formula is C26H36N2O5S. The molecule has 0 aromatic carbocycles. The summed E-state index contributed by atoms with van der Waals surface area (Å²) >= 11 is 3.93. The van der Waals surface area contributed by atoms with E-state index in [0.717, 1.165) is 50.7 Å². The van der Waals surface area contributed by atoms with Gasteiger partial charge in [-0.1, -0.05) is 30.5 Å². The minimum absolute atomic E-state index is 0.00443. The summed E-state index contributed by atoms with van der Waals surface area (Å²) in [6.07, 6.45) is 15.5. The van der Waals surface area contributed by atoms with Crippen LogP contribution in [-0.4, -0.2) is 51.8 Å². The minimum Gasteiger partial charge on any atom is -0.480 e. The molecule has 186 valence electrons. The van der Waals surface area contributed by atoms with Gasteiger partial charge in [0.2, 0.25) is 0 Å². The summed E-state index contributed by atoms with van der Waals surface area (Å²) in [5.74, 6) is 2.71. The minimum atomic E-state index is -1.13. The van der Waals surface area contributed by atoms with Crippen molar-refractivity contribution in [3.05, 3.63) is 11.6 Å². The first-order valence-electron chi connectivity index (χ1n) is 12.3. The monoisotopic (exact) mass is 488 g/mol. The number of terminal acetylenes is 1. The highest BCUT2D eigenvalue weighted by atomic mass is 32.1. The van der Waals surface area contributed by atoms with Crippen LogP contribution < -0.4 is 5.32 Å². The van der Waals surface area contributed by atoms with Crippen LogP contribution in [0.3, 0.4) is 0 Å². The molecule has 8 heteroatoms. The number of aliphatic carboxylic acids is 1. The third kappa shape index (κ3) is 4.05. The summed E-state index contributed by atoms with van der Waals surface area (Å²) in [5, 5.41) is 26.7. The van der Waals surface area contributed by atoms with Gasteiger partial charge in [-0.2, -0.15) is 12.6 Å². The number of aliphatic hydroxyl groups is 1. The summed E-state index contributed by atoms with van der Waals surface area (Å²) < 4.78 is 0. The first-order chi connectivity index (χ1) is 16.1. The molecule has 0 aliphatic heterocycles. The van der Waals surface area contributed by atoms with Gasteiger partial charge in [0.05, 0.1) is 5.71 Å². The molecule has 3 saturated carbocycles. The van der Waals surface area contributed by atoms with E-state index in [9.17, 15) is 14.7 Å². The van der Waals surface area contributed by atoms with Gasteiger partial charge in [0.1, 0.15) is 11.6 Å². The number of nitrogens with zero attached hydrogens (tertiary/aromatic N) is 1. The van der Waals surface area contributed by atoms with Gasteiger partial charge in [-0.25, -0.2) is 4.79 Å². The lowest BCUT2D eigenvalue weighted by molar-refractivity contribution is -0.141. The van der Waals surface area contributed by atoms with Crippen molar-refractivity contribution in [2.75, 3.05) is 12.4 Å². The molecule has 0 heterocycles. The zero-order chi connectivity index (χ0) is 24.7. The Morgan fingerprint density at radius 1 is 1.26 bits per heavy atom. The molecule has 34 heavy (non-hydrogen) atoms. The maximum atomic E-state index is 11.9. The lowest BCUT2D eigenvalue weighted by Crippen LogP contribution is -2.54. The van der Waals surface area contributed by atoms with Gasteiger partial charge in [-0.05, 0) is 80.6 Å². The second kappa shape index (κ2) is 9.23. The van der Waals surface area contributed by atoms with Crippen LogP contribution in [0.15, 0.2) is 16.8 Å². The maximum Gasteiger partial charge on any atom is 0.327 e. The number of carbonyl (C=O) groups excluding carboxylic acids is 1. The first kappa shape index (κ1) is 25.1. The Morgan fingerprint density at radius 3 is 2.68 bits per heavy atom. The van der Waals surface area contributed by atoms with Crippen LogP contribution in [0.4, 0.5) is 0 Å². The predicted molar refractivity (Wildman–Crippen MR) is 132 cm³/mol. The molecule has 7 atom stereocenters. The van der Waals surface area contributed by atoms with Crippen LogP contribution in [0.5, 0.6) is 0 Å². The van der Waals surface area contributed by atoms with Crippen molar-refractivity contribution in [3.8, 4) is 12.3 Å². The predicted octanol–water partition coefficient (Wildman–Crippen LogP) is 3.19. The number of fused-ring (bicyclic) bond motifs is 5. The van der Waals surface area contributed by atoms with E-state index in [0.29, 0.717) is 24.2 Å². The molecule has 0 saturated heterocycles. The molecule has 0 aromatic rings. The fraction of sp³-hybridized carbons (Fsp3) is 0.731. The smallest absolute Gasteiger partial charge is 0.327 e. The molecular weight excluding hydrogens is 452 g/mol. The van der Waals surface area contributed by atoms with Crippen molar-refractivity contribution < 1.29 is 24.6 Å². The summed E-state index contributed by atoms with van der Waals surface area (Å²) in [4.78, 5) is 28.2. The summed E-state index contributed by atoms with van der Waals surface area (Å²) in [6, 6.07) is -1.05. The van der Waals surface area contributed by atoms with Crippen LogP contribution in [-0.2, 0) is 14.4 Å². The average Bonchev–Trinajstić information content (AvgIpc) is 3.08. The molecule has 0 bridgehead atoms. The van der Waals surface area contributed by atoms with Crippen molar-refractivity contribution in [2.24, 2.45) is 33.7 Å². The quantitative estimate of drug-likeness (QED) is 0.261. The lowest BCUT2D eigenvalue weighted by atomic mass is 9.46. The van der Waals surface area contributed by atoms with E-state index >= 15 is 0 Å². The van der Waals surface area contributed by atoms with Crippen molar-refractivity contribution in [1.29, 1.82) is 0 Å². The fourth-order valence-corrected chi connectivity index (χ4v) is 7.74. The van der Waals surface area contributed by atoms with Gasteiger partial charge >= 0.3 is 5.97 Å². The van der Waals surface area contributed by atoms with E-state index in [-0.39, 0.29) is 23.2 Å². The maximum absolute atomic E-state index is 11.9. The van der Waals surface area contributed by atoms with Crippen molar-refractivity contribution in [3.63, 3.8) is 0 Å². The Hall–Kier alpha value is -1.98. The second-order valence-corrected chi connectivity index (χ2v) is 11.4. The van der Waals surface area contributed by atoms with Gasteiger partial charge in [0, 0.05) is 11.2 Å². The largest absolute Gasteiger partial charge is 0.480 e. The Morgan fingerprint density at radius 2 is 2.00 bits per heavy atom. The Kier molecular flexibility index (Phi) is 6.82. The van der Waals surface area contributed by atoms with Crippen LogP contribution >= 0.6 is 12.6 Å². The van der Waals surface area contributed by atoms with Crippen LogP contribution in [0.2, 0.25) is 0 Å². The molecule has 0 aromatic heterocycles. The zero-order valence-electron chi connectivity index (χ0n) is 20.0. The zero-order valence-corrected chi connectivity index (χ0v) is 20.9. The average molecular weight is 489 g/mol. The number of hydrogen-bond donors (Lipinski definition) is 4. The third-order valence-corrected chi connectivity index (χ3v) is 9.93. The van der Waals surface area contributed by atoms with E-state index in [2.05, 4.69) is 48.9 Å². The fourth-order valence-electron chi connectivity index (χ4n) is 7.49. The van der Waals surface area contributed by atoms with E-state index in [1.165, 1.54) is 5.57 Å². The van der Waals surface area contributed by atoms with Crippen LogP contribution in [0, 0.1) is 40.9 Å². The van der Waals surface area contributed by atoms with E-state index in [4.69, 9.17) is 16.4 Å². The SMILES string of the molecule is C#C[C@@]1(O)CC[C@@H]2[C@@H]3CCC4=C/C(=N\OCC(=O)N[C@H](CS)C(=O)O)CC[C@]4(C)[C@H]3CC[C@@]21C. The van der Waals surface area contributed by atoms with Crippen molar-refractivity contribution >= 4 is 30.2 Å². The summed E-state index contributed by atoms with van der Waals surface area (Å²) in [5.41, 5.74) is 1.17. The topological polar surface area (TPSA) is 108 Å². The van der Waals surface area contributed by atoms with E-state index in [1.54, 1.807) is 0 Å². The highest BCUT2D eigenvalue weighted by Crippen LogP contribution is 2.67. The number of carboxylic acids is 1. The molecule has 7 nitrogen and oxygen atoms in total. The Labute approximate surface area is 207 Å². The lowest BCUT2D eigenvalue weighted by Gasteiger charge is -2.58.